The number of aromatic nitrogens is 3. The molecule has 0 bridgehead atoms. The Bertz CT molecular complexity index is 3530. The number of rotatable bonds is 5. The molecular formula is C58H35N3O. The maximum atomic E-state index is 6.76. The van der Waals surface area contributed by atoms with Crippen LogP contribution in [0.4, 0.5) is 0 Å². The van der Waals surface area contributed by atoms with Crippen molar-refractivity contribution in [3.8, 4) is 44.6 Å². The molecule has 0 saturated carbocycles. The lowest BCUT2D eigenvalue weighted by Crippen LogP contribution is -2.29. The maximum Gasteiger partial charge on any atom is 0.136 e. The van der Waals surface area contributed by atoms with Crippen molar-refractivity contribution in [2.45, 2.75) is 0 Å². The second-order valence-electron chi connectivity index (χ2n) is 16.3. The highest BCUT2D eigenvalue weighted by atomic mass is 16.3. The van der Waals surface area contributed by atoms with Gasteiger partial charge in [0, 0.05) is 21.9 Å². The fourth-order valence-electron chi connectivity index (χ4n) is 10.6. The second kappa shape index (κ2) is 13.4. The summed E-state index contributed by atoms with van der Waals surface area (Å²) < 4.78 is 6.76. The summed E-state index contributed by atoms with van der Waals surface area (Å²) in [5, 5.41) is 15.3. The topological polar surface area (TPSA) is 51.8 Å². The predicted octanol–water partition coefficient (Wildman–Crippen LogP) is 14.4. The van der Waals surface area contributed by atoms with Gasteiger partial charge >= 0.3 is 0 Å². The Morgan fingerprint density at radius 3 is 1.82 bits per heavy atom. The van der Waals surface area contributed by atoms with E-state index in [0.717, 1.165) is 72.1 Å². The quantitative estimate of drug-likeness (QED) is 0.174. The van der Waals surface area contributed by atoms with E-state index >= 15 is 0 Å². The van der Waals surface area contributed by atoms with Crippen LogP contribution in [0, 0.1) is 5.41 Å². The van der Waals surface area contributed by atoms with Crippen LogP contribution in [0.2, 0.25) is 0 Å². The molecule has 1 spiro atoms. The van der Waals surface area contributed by atoms with E-state index in [0.29, 0.717) is 0 Å². The van der Waals surface area contributed by atoms with E-state index in [-0.39, 0.29) is 0 Å². The highest BCUT2D eigenvalue weighted by Crippen LogP contribution is 2.65. The lowest BCUT2D eigenvalue weighted by atomic mass is 9.59. The molecule has 9 aromatic rings. The lowest BCUT2D eigenvalue weighted by Gasteiger charge is -2.42. The standard InChI is InChI=1S/C58H35N3O/c1-3-14-36(15-4-1)42-25-26-47(56(51-31-33-59-61-60-51)54(42)37-16-5-2-6-17-37)55-45(28-30-53-57(55)46-22-11-12-24-52(46)62-53)48-29-27-44-41-21-10-8-19-39(41)35-50(44)58(48)32-13-23-43-40-20-9-7-18-38(40)34-49(43)58/h1-35H. The molecule has 1 unspecified atom stereocenters. The van der Waals surface area contributed by atoms with Crippen LogP contribution in [0.15, 0.2) is 216 Å². The zero-order valence-corrected chi connectivity index (χ0v) is 33.5. The molecule has 62 heavy (non-hydrogen) atoms. The third-order valence-corrected chi connectivity index (χ3v) is 13.2. The molecule has 4 heteroatoms. The van der Waals surface area contributed by atoms with Crippen molar-refractivity contribution in [1.29, 1.82) is 0 Å². The first-order chi connectivity index (χ1) is 30.8. The van der Waals surface area contributed by atoms with Crippen molar-refractivity contribution in [2.75, 3.05) is 0 Å². The van der Waals surface area contributed by atoms with Gasteiger partial charge in [-0.05, 0) is 119 Å². The Labute approximate surface area is 358 Å². The summed E-state index contributed by atoms with van der Waals surface area (Å²) in [5.74, 6) is 0. The van der Waals surface area contributed by atoms with Gasteiger partial charge in [0.15, 0.2) is 0 Å². The summed E-state index contributed by atoms with van der Waals surface area (Å²) >= 11 is 0. The summed E-state index contributed by atoms with van der Waals surface area (Å²) in [6.45, 7) is 0. The third kappa shape index (κ3) is 4.92. The molecule has 4 aliphatic rings. The number of allylic oxidation sites excluding steroid dienone is 10. The minimum absolute atomic E-state index is 0.628. The Kier molecular flexibility index (Phi) is 7.49. The van der Waals surface area contributed by atoms with Gasteiger partial charge in [0.1, 0.15) is 11.2 Å². The van der Waals surface area contributed by atoms with Crippen LogP contribution in [0.1, 0.15) is 27.8 Å². The highest BCUT2D eigenvalue weighted by molar-refractivity contribution is 6.20. The van der Waals surface area contributed by atoms with Crippen molar-refractivity contribution < 1.29 is 4.42 Å². The largest absolute Gasteiger partial charge is 0.456 e. The van der Waals surface area contributed by atoms with Gasteiger partial charge in [-0.2, -0.15) is 0 Å². The maximum absolute atomic E-state index is 6.76. The lowest BCUT2D eigenvalue weighted by molar-refractivity contribution is 0.669. The van der Waals surface area contributed by atoms with Crippen molar-refractivity contribution in [3.05, 3.63) is 239 Å². The van der Waals surface area contributed by atoms with Crippen molar-refractivity contribution in [2.24, 2.45) is 5.41 Å². The first-order valence-electron chi connectivity index (χ1n) is 21.1. The Morgan fingerprint density at radius 2 is 1.08 bits per heavy atom. The fraction of sp³-hybridized carbons (Fsp3) is 0.0172. The minimum atomic E-state index is -0.628. The van der Waals surface area contributed by atoms with E-state index < -0.39 is 5.41 Å². The molecule has 288 valence electrons. The summed E-state index contributed by atoms with van der Waals surface area (Å²) in [6.07, 6.45) is 18.3. The average Bonchev–Trinajstić information content (AvgIpc) is 4.05. The van der Waals surface area contributed by atoms with Gasteiger partial charge in [-0.25, -0.2) is 0 Å². The van der Waals surface area contributed by atoms with Crippen molar-refractivity contribution in [3.63, 3.8) is 0 Å². The second-order valence-corrected chi connectivity index (χ2v) is 16.3. The van der Waals surface area contributed by atoms with Crippen LogP contribution in [-0.2, 0) is 0 Å². The molecule has 4 aliphatic carbocycles. The van der Waals surface area contributed by atoms with Crippen LogP contribution in [-0.4, -0.2) is 15.4 Å². The number of hydrogen-bond acceptors (Lipinski definition) is 4. The van der Waals surface area contributed by atoms with Crippen LogP contribution in [0.5, 0.6) is 0 Å². The monoisotopic (exact) mass is 789 g/mol. The predicted molar refractivity (Wildman–Crippen MR) is 253 cm³/mol. The number of hydrogen-bond donors (Lipinski definition) is 0. The molecule has 1 atom stereocenters. The molecule has 0 N–H and O–H groups in total. The smallest absolute Gasteiger partial charge is 0.136 e. The normalized spacial score (nSPS) is 16.9. The fourth-order valence-corrected chi connectivity index (χ4v) is 10.6. The van der Waals surface area contributed by atoms with Crippen LogP contribution in [0.3, 0.4) is 0 Å². The number of para-hydroxylation sites is 1. The molecule has 2 aromatic heterocycles. The highest BCUT2D eigenvalue weighted by Gasteiger charge is 2.49. The van der Waals surface area contributed by atoms with Gasteiger partial charge in [-0.15, -0.1) is 10.2 Å². The van der Waals surface area contributed by atoms with Gasteiger partial charge in [0.2, 0.25) is 0 Å². The van der Waals surface area contributed by atoms with Crippen molar-refractivity contribution >= 4 is 50.8 Å². The number of benzene rings is 7. The van der Waals surface area contributed by atoms with Crippen LogP contribution in [0.25, 0.3) is 95.4 Å². The molecule has 0 aliphatic heterocycles. The van der Waals surface area contributed by atoms with E-state index in [9.17, 15) is 0 Å². The van der Waals surface area contributed by atoms with E-state index in [1.165, 1.54) is 50.1 Å². The molecule has 7 aromatic carbocycles. The van der Waals surface area contributed by atoms with E-state index in [2.05, 4.69) is 205 Å². The zero-order chi connectivity index (χ0) is 40.8. The Hall–Kier alpha value is -8.21. The first-order valence-corrected chi connectivity index (χ1v) is 21.1. The van der Waals surface area contributed by atoms with E-state index in [1.807, 2.05) is 12.1 Å². The van der Waals surface area contributed by atoms with Gasteiger partial charge in [-0.1, -0.05) is 176 Å². The summed E-state index contributed by atoms with van der Waals surface area (Å²) in [7, 11) is 0. The van der Waals surface area contributed by atoms with Crippen molar-refractivity contribution in [1.82, 2.24) is 15.4 Å². The van der Waals surface area contributed by atoms with Gasteiger partial charge in [-0.3, -0.25) is 0 Å². The molecule has 0 radical (unpaired) electrons. The molecule has 0 amide bonds. The van der Waals surface area contributed by atoms with Crippen LogP contribution < -0.4 is 0 Å². The summed E-state index contributed by atoms with van der Waals surface area (Å²) in [5.41, 5.74) is 21.7. The minimum Gasteiger partial charge on any atom is -0.456 e. The first kappa shape index (κ1) is 34.6. The molecule has 0 fully saturated rings. The van der Waals surface area contributed by atoms with Gasteiger partial charge in [0.25, 0.3) is 0 Å². The van der Waals surface area contributed by atoms with E-state index in [4.69, 9.17) is 9.52 Å². The van der Waals surface area contributed by atoms with Crippen LogP contribution >= 0.6 is 0 Å². The van der Waals surface area contributed by atoms with Gasteiger partial charge in [0.05, 0.1) is 17.3 Å². The molecule has 2 heterocycles. The number of furan rings is 1. The van der Waals surface area contributed by atoms with Gasteiger partial charge < -0.3 is 4.42 Å². The Balaban J connectivity index is 1.18. The molecule has 0 saturated heterocycles. The zero-order valence-electron chi connectivity index (χ0n) is 33.5. The summed E-state index contributed by atoms with van der Waals surface area (Å²) in [4.78, 5) is 0. The molecule has 13 rings (SSSR count). The third-order valence-electron chi connectivity index (χ3n) is 13.2. The number of nitrogens with zero attached hydrogens (tertiary/aromatic N) is 3. The van der Waals surface area contributed by atoms with E-state index in [1.54, 1.807) is 6.20 Å². The SMILES string of the molecule is C1=CC2(C3=Cc4ccccc4C3=C1)C1=Cc3ccccc3C1=CC=C2c1ccc2oc3ccccc3c2c1-c1ccc(-c2ccccc2)c(-c2ccccc2)c1-c1ccnnn1. The Morgan fingerprint density at radius 1 is 0.435 bits per heavy atom. The average molecular weight is 790 g/mol. The molecular weight excluding hydrogens is 755 g/mol. The number of fused-ring (bicyclic) bond motifs is 11. The molecule has 4 nitrogen and oxygen atoms in total. The summed E-state index contributed by atoms with van der Waals surface area (Å²) in [6, 6.07) is 58.3.